The Hall–Kier alpha value is -4.06. The van der Waals surface area contributed by atoms with Gasteiger partial charge >= 0.3 is 18.2 Å². The van der Waals surface area contributed by atoms with Crippen LogP contribution in [0.5, 0.6) is 0 Å². The highest BCUT2D eigenvalue weighted by Crippen LogP contribution is 2.29. The average molecular weight is 589 g/mol. The number of rotatable bonds is 9. The number of anilines is 2. The second kappa shape index (κ2) is 13.1. The number of nitrogens with zero attached hydrogens (tertiary/aromatic N) is 4. The van der Waals surface area contributed by atoms with Crippen LogP contribution in [0.3, 0.4) is 0 Å². The maximum Gasteiger partial charge on any atom is 0.415 e. The van der Waals surface area contributed by atoms with Gasteiger partial charge in [-0.25, -0.2) is 14.9 Å². The third-order valence-corrected chi connectivity index (χ3v) is 5.70. The number of carbonyl (C=O) groups is 3. The lowest BCUT2D eigenvalue weighted by molar-refractivity contribution is 0.0255. The molecule has 0 saturated heterocycles. The van der Waals surface area contributed by atoms with Gasteiger partial charge in [-0.1, -0.05) is 17.7 Å². The molecule has 0 fully saturated rings. The minimum Gasteiger partial charge on any atom is -0.444 e. The normalized spacial score (nSPS) is 11.6. The fourth-order valence-corrected chi connectivity index (χ4v) is 3.74. The van der Waals surface area contributed by atoms with E-state index in [-0.39, 0.29) is 17.8 Å². The van der Waals surface area contributed by atoms with Crippen LogP contribution in [0.1, 0.15) is 65.4 Å². The summed E-state index contributed by atoms with van der Waals surface area (Å²) in [6, 6.07) is 5.04. The summed E-state index contributed by atoms with van der Waals surface area (Å²) in [5, 5.41) is 9.80. The highest BCUT2D eigenvalue weighted by atomic mass is 35.5. The fourth-order valence-electron chi connectivity index (χ4n) is 3.58. The third-order valence-electron chi connectivity index (χ3n) is 5.37. The van der Waals surface area contributed by atoms with Gasteiger partial charge in [0, 0.05) is 31.4 Å². The smallest absolute Gasteiger partial charge is 0.415 e. The molecule has 0 aliphatic heterocycles. The van der Waals surface area contributed by atoms with Gasteiger partial charge in [-0.3, -0.25) is 9.48 Å². The highest BCUT2D eigenvalue weighted by molar-refractivity contribution is 6.34. The molecule has 3 rings (SSSR count). The summed E-state index contributed by atoms with van der Waals surface area (Å²) in [5.41, 5.74) is 0.664. The SMILES string of the molecule is CCN(CCCn1cc(-c2ccc(Cl)c(NC(=O)c3coc(NC(=O)OC(C)(C)C)n3)c2)cn1)C(=O)OC(C)(C)C. The van der Waals surface area contributed by atoms with Gasteiger partial charge in [0.1, 0.15) is 17.5 Å². The standard InChI is InChI=1S/C28H37ClN6O6/c1-8-34(26(38)41-28(5,6)7)12-9-13-35-16-19(15-30-35)18-10-11-20(29)21(14-18)31-23(36)22-17-39-24(32-22)33-25(37)40-27(2,3)4/h10-11,14-17H,8-9,12-13H2,1-7H3,(H,31,36)(H,32,33,37). The molecule has 3 aromatic rings. The summed E-state index contributed by atoms with van der Waals surface area (Å²) < 4.78 is 17.6. The van der Waals surface area contributed by atoms with E-state index in [0.717, 1.165) is 17.4 Å². The number of aryl methyl sites for hydroxylation is 1. The Bertz CT molecular complexity index is 1370. The van der Waals surface area contributed by atoms with Gasteiger partial charge in [-0.2, -0.15) is 10.1 Å². The van der Waals surface area contributed by atoms with Gasteiger partial charge in [-0.05, 0) is 72.6 Å². The second-order valence-electron chi connectivity index (χ2n) is 11.2. The van der Waals surface area contributed by atoms with E-state index >= 15 is 0 Å². The summed E-state index contributed by atoms with van der Waals surface area (Å²) in [7, 11) is 0. The summed E-state index contributed by atoms with van der Waals surface area (Å²) in [6.45, 7) is 14.3. The van der Waals surface area contributed by atoms with Crippen LogP contribution >= 0.6 is 11.6 Å². The van der Waals surface area contributed by atoms with Gasteiger partial charge < -0.3 is 24.1 Å². The van der Waals surface area contributed by atoms with Crippen molar-refractivity contribution in [2.75, 3.05) is 23.7 Å². The zero-order valence-electron chi connectivity index (χ0n) is 24.4. The molecular formula is C28H37ClN6O6. The Morgan fingerprint density at radius 3 is 2.41 bits per heavy atom. The van der Waals surface area contributed by atoms with Crippen molar-refractivity contribution in [3.8, 4) is 11.1 Å². The fraction of sp³-hybridized carbons (Fsp3) is 0.464. The Kier molecular flexibility index (Phi) is 10.0. The number of aromatic nitrogens is 3. The second-order valence-corrected chi connectivity index (χ2v) is 11.6. The predicted octanol–water partition coefficient (Wildman–Crippen LogP) is 6.44. The van der Waals surface area contributed by atoms with Gasteiger partial charge in [0.25, 0.3) is 5.91 Å². The van der Waals surface area contributed by atoms with Crippen molar-refractivity contribution < 1.29 is 28.3 Å². The van der Waals surface area contributed by atoms with E-state index in [9.17, 15) is 14.4 Å². The molecule has 0 radical (unpaired) electrons. The topological polar surface area (TPSA) is 141 Å². The first-order valence-corrected chi connectivity index (χ1v) is 13.6. The molecule has 2 heterocycles. The largest absolute Gasteiger partial charge is 0.444 e. The Balaban J connectivity index is 1.60. The number of oxazole rings is 1. The van der Waals surface area contributed by atoms with Gasteiger partial charge in [0.05, 0.1) is 16.9 Å². The van der Waals surface area contributed by atoms with Gasteiger partial charge in [0.15, 0.2) is 5.69 Å². The molecule has 0 spiro atoms. The maximum absolute atomic E-state index is 12.8. The van der Waals surface area contributed by atoms with E-state index in [1.54, 1.807) is 48.7 Å². The zero-order valence-corrected chi connectivity index (χ0v) is 25.2. The number of ether oxygens (including phenoxy) is 2. The number of amides is 3. The van der Waals surface area contributed by atoms with Crippen LogP contribution in [0.25, 0.3) is 11.1 Å². The molecule has 0 atom stereocenters. The number of carbonyl (C=O) groups excluding carboxylic acids is 3. The van der Waals surface area contributed by atoms with E-state index < -0.39 is 23.2 Å². The Morgan fingerprint density at radius 2 is 1.76 bits per heavy atom. The lowest BCUT2D eigenvalue weighted by atomic mass is 10.1. The summed E-state index contributed by atoms with van der Waals surface area (Å²) in [5.74, 6) is -0.578. The van der Waals surface area contributed by atoms with Crippen LogP contribution in [0, 0.1) is 0 Å². The van der Waals surface area contributed by atoms with Crippen LogP contribution in [0.15, 0.2) is 41.3 Å². The van der Waals surface area contributed by atoms with E-state index in [1.165, 1.54) is 0 Å². The molecule has 0 unspecified atom stereocenters. The maximum atomic E-state index is 12.8. The van der Waals surface area contributed by atoms with Crippen molar-refractivity contribution in [1.29, 1.82) is 0 Å². The summed E-state index contributed by atoms with van der Waals surface area (Å²) >= 11 is 6.34. The van der Waals surface area contributed by atoms with Gasteiger partial charge in [0.2, 0.25) is 0 Å². The monoisotopic (exact) mass is 588 g/mol. The molecule has 41 heavy (non-hydrogen) atoms. The molecule has 0 aliphatic carbocycles. The van der Waals surface area contributed by atoms with Crippen molar-refractivity contribution in [2.45, 2.75) is 72.6 Å². The summed E-state index contributed by atoms with van der Waals surface area (Å²) in [6.07, 6.45) is 4.31. The molecule has 3 amide bonds. The molecule has 1 aromatic carbocycles. The van der Waals surface area contributed by atoms with Crippen LogP contribution in [-0.4, -0.2) is 62.0 Å². The molecular weight excluding hydrogens is 552 g/mol. The van der Waals surface area contributed by atoms with Crippen LogP contribution in [0.2, 0.25) is 5.02 Å². The van der Waals surface area contributed by atoms with Crippen molar-refractivity contribution >= 4 is 41.4 Å². The van der Waals surface area contributed by atoms with Crippen molar-refractivity contribution in [3.63, 3.8) is 0 Å². The number of hydrogen-bond donors (Lipinski definition) is 2. The highest BCUT2D eigenvalue weighted by Gasteiger charge is 2.22. The van der Waals surface area contributed by atoms with E-state index in [1.807, 2.05) is 40.0 Å². The summed E-state index contributed by atoms with van der Waals surface area (Å²) in [4.78, 5) is 42.7. The quantitative estimate of drug-likeness (QED) is 0.291. The molecule has 12 nitrogen and oxygen atoms in total. The Labute approximate surface area is 244 Å². The van der Waals surface area contributed by atoms with Crippen LogP contribution in [0.4, 0.5) is 21.3 Å². The average Bonchev–Trinajstić information content (AvgIpc) is 3.51. The van der Waals surface area contributed by atoms with E-state index in [2.05, 4.69) is 20.7 Å². The number of benzene rings is 1. The lowest BCUT2D eigenvalue weighted by Gasteiger charge is -2.26. The minimum atomic E-state index is -0.756. The van der Waals surface area contributed by atoms with Crippen molar-refractivity contribution in [2.24, 2.45) is 0 Å². The van der Waals surface area contributed by atoms with Gasteiger partial charge in [-0.15, -0.1) is 0 Å². The van der Waals surface area contributed by atoms with Crippen molar-refractivity contribution in [3.05, 3.63) is 47.6 Å². The van der Waals surface area contributed by atoms with Crippen molar-refractivity contribution in [1.82, 2.24) is 19.7 Å². The number of nitrogens with one attached hydrogen (secondary N) is 2. The number of halogens is 1. The van der Waals surface area contributed by atoms with E-state index in [4.69, 9.17) is 25.5 Å². The minimum absolute atomic E-state index is 0.0575. The van der Waals surface area contributed by atoms with Crippen LogP contribution < -0.4 is 10.6 Å². The predicted molar refractivity (Wildman–Crippen MR) is 155 cm³/mol. The van der Waals surface area contributed by atoms with E-state index in [0.29, 0.717) is 36.8 Å². The molecule has 2 aromatic heterocycles. The zero-order chi connectivity index (χ0) is 30.4. The molecule has 2 N–H and O–H groups in total. The molecule has 13 heteroatoms. The van der Waals surface area contributed by atoms with Crippen LogP contribution in [-0.2, 0) is 16.0 Å². The Morgan fingerprint density at radius 1 is 1.05 bits per heavy atom. The first-order chi connectivity index (χ1) is 19.1. The molecule has 0 aliphatic rings. The third kappa shape index (κ3) is 9.82. The molecule has 222 valence electrons. The molecule has 0 bridgehead atoms. The first-order valence-electron chi connectivity index (χ1n) is 13.2. The number of hydrogen-bond acceptors (Lipinski definition) is 8. The first kappa shape index (κ1) is 31.5. The lowest BCUT2D eigenvalue weighted by Crippen LogP contribution is -2.37. The molecule has 0 saturated carbocycles.